The van der Waals surface area contributed by atoms with E-state index in [0.29, 0.717) is 11.4 Å². The van der Waals surface area contributed by atoms with Gasteiger partial charge in [-0.15, -0.1) is 0 Å². The van der Waals surface area contributed by atoms with E-state index >= 15 is 0 Å². The lowest BCUT2D eigenvalue weighted by molar-refractivity contribution is -0.117. The molecule has 0 bridgehead atoms. The summed E-state index contributed by atoms with van der Waals surface area (Å²) in [6, 6.07) is 15.2. The molecule has 0 spiro atoms. The summed E-state index contributed by atoms with van der Waals surface area (Å²) >= 11 is 0. The van der Waals surface area contributed by atoms with Gasteiger partial charge in [0.1, 0.15) is 6.54 Å². The SMILES string of the molecule is CC(C)N1C(=O)CN(S(=O)(=O)c2ccccc2)c2ccccc21. The van der Waals surface area contributed by atoms with Gasteiger partial charge >= 0.3 is 0 Å². The van der Waals surface area contributed by atoms with Crippen molar-refractivity contribution in [3.05, 3.63) is 54.6 Å². The molecule has 0 saturated carbocycles. The van der Waals surface area contributed by atoms with Crippen LogP contribution < -0.4 is 9.21 Å². The fraction of sp³-hybridized carbons (Fsp3) is 0.235. The van der Waals surface area contributed by atoms with Gasteiger partial charge in [-0.2, -0.15) is 0 Å². The van der Waals surface area contributed by atoms with Gasteiger partial charge < -0.3 is 4.90 Å². The van der Waals surface area contributed by atoms with E-state index in [9.17, 15) is 13.2 Å². The Balaban J connectivity index is 2.15. The highest BCUT2D eigenvalue weighted by Gasteiger charge is 2.37. The van der Waals surface area contributed by atoms with E-state index in [-0.39, 0.29) is 23.4 Å². The number of hydrogen-bond donors (Lipinski definition) is 0. The molecule has 0 unspecified atom stereocenters. The molecule has 0 aliphatic carbocycles. The molecule has 1 aliphatic rings. The average Bonchev–Trinajstić information content (AvgIpc) is 2.54. The van der Waals surface area contributed by atoms with Crippen molar-refractivity contribution in [2.24, 2.45) is 0 Å². The van der Waals surface area contributed by atoms with E-state index in [1.807, 2.05) is 13.8 Å². The van der Waals surface area contributed by atoms with Gasteiger partial charge in [-0.3, -0.25) is 9.10 Å². The molecule has 0 saturated heterocycles. The molecule has 3 rings (SSSR count). The number of benzene rings is 2. The second kappa shape index (κ2) is 5.70. The summed E-state index contributed by atoms with van der Waals surface area (Å²) in [5, 5.41) is 0. The number of hydrogen-bond acceptors (Lipinski definition) is 3. The van der Waals surface area contributed by atoms with Gasteiger partial charge in [0.15, 0.2) is 0 Å². The highest BCUT2D eigenvalue weighted by molar-refractivity contribution is 7.92. The zero-order chi connectivity index (χ0) is 16.6. The van der Waals surface area contributed by atoms with Gasteiger partial charge in [-0.05, 0) is 38.1 Å². The Morgan fingerprint density at radius 3 is 2.09 bits per heavy atom. The molecule has 1 aliphatic heterocycles. The lowest BCUT2D eigenvalue weighted by Gasteiger charge is -2.38. The first-order valence-electron chi connectivity index (χ1n) is 7.42. The smallest absolute Gasteiger partial charge is 0.264 e. The van der Waals surface area contributed by atoms with Crippen molar-refractivity contribution in [1.29, 1.82) is 0 Å². The van der Waals surface area contributed by atoms with Gasteiger partial charge in [0.05, 0.1) is 16.3 Å². The van der Waals surface area contributed by atoms with E-state index in [1.165, 1.54) is 16.4 Å². The zero-order valence-corrected chi connectivity index (χ0v) is 13.8. The van der Waals surface area contributed by atoms with E-state index in [0.717, 1.165) is 0 Å². The van der Waals surface area contributed by atoms with E-state index in [2.05, 4.69) is 0 Å². The van der Waals surface area contributed by atoms with Crippen molar-refractivity contribution in [2.45, 2.75) is 24.8 Å². The Labute approximate surface area is 136 Å². The summed E-state index contributed by atoms with van der Waals surface area (Å²) in [5.41, 5.74) is 1.16. The molecule has 1 amide bonds. The van der Waals surface area contributed by atoms with Gasteiger partial charge in [0, 0.05) is 6.04 Å². The monoisotopic (exact) mass is 330 g/mol. The summed E-state index contributed by atoms with van der Waals surface area (Å²) < 4.78 is 27.0. The normalized spacial score (nSPS) is 15.0. The number of nitrogens with zero attached hydrogens (tertiary/aromatic N) is 2. The maximum atomic E-state index is 12.9. The third-order valence-electron chi connectivity index (χ3n) is 3.81. The predicted octanol–water partition coefficient (Wildman–Crippen LogP) is 2.64. The summed E-state index contributed by atoms with van der Waals surface area (Å²) in [6.45, 7) is 3.64. The number of fused-ring (bicyclic) bond motifs is 1. The van der Waals surface area contributed by atoms with Crippen molar-refractivity contribution in [1.82, 2.24) is 0 Å². The third-order valence-corrected chi connectivity index (χ3v) is 5.58. The minimum atomic E-state index is -3.77. The minimum Gasteiger partial charge on any atom is -0.306 e. The van der Waals surface area contributed by atoms with Gasteiger partial charge in [0.2, 0.25) is 5.91 Å². The van der Waals surface area contributed by atoms with Crippen LogP contribution in [-0.2, 0) is 14.8 Å². The first-order valence-corrected chi connectivity index (χ1v) is 8.86. The largest absolute Gasteiger partial charge is 0.306 e. The Kier molecular flexibility index (Phi) is 3.85. The first-order chi connectivity index (χ1) is 10.9. The van der Waals surface area contributed by atoms with E-state index in [4.69, 9.17) is 0 Å². The van der Waals surface area contributed by atoms with Gasteiger partial charge in [0.25, 0.3) is 10.0 Å². The van der Waals surface area contributed by atoms with E-state index in [1.54, 1.807) is 47.4 Å². The number of sulfonamides is 1. The molecule has 0 atom stereocenters. The molecule has 6 heteroatoms. The Bertz CT molecular complexity index is 832. The fourth-order valence-corrected chi connectivity index (χ4v) is 4.25. The maximum absolute atomic E-state index is 12.9. The van der Waals surface area contributed by atoms with Crippen LogP contribution >= 0.6 is 0 Å². The first kappa shape index (κ1) is 15.6. The highest BCUT2D eigenvalue weighted by Crippen LogP contribution is 2.37. The van der Waals surface area contributed by atoms with Crippen molar-refractivity contribution in [3.8, 4) is 0 Å². The zero-order valence-electron chi connectivity index (χ0n) is 13.0. The number of anilines is 2. The van der Waals surface area contributed by atoms with Crippen molar-refractivity contribution in [2.75, 3.05) is 15.7 Å². The van der Waals surface area contributed by atoms with Crippen LogP contribution in [0.1, 0.15) is 13.8 Å². The lowest BCUT2D eigenvalue weighted by Crippen LogP contribution is -2.50. The number of carbonyl (C=O) groups is 1. The molecule has 0 aromatic heterocycles. The lowest BCUT2D eigenvalue weighted by atomic mass is 10.1. The number of amides is 1. The molecular weight excluding hydrogens is 312 g/mol. The minimum absolute atomic E-state index is 0.0368. The molecule has 2 aromatic carbocycles. The highest BCUT2D eigenvalue weighted by atomic mass is 32.2. The average molecular weight is 330 g/mol. The molecule has 1 heterocycles. The Hall–Kier alpha value is -2.34. The topological polar surface area (TPSA) is 57.7 Å². The molecular formula is C17H18N2O3S. The van der Waals surface area contributed by atoms with Gasteiger partial charge in [-0.1, -0.05) is 30.3 Å². The molecule has 0 fully saturated rings. The van der Waals surface area contributed by atoms with Crippen LogP contribution in [0.15, 0.2) is 59.5 Å². The quantitative estimate of drug-likeness (QED) is 0.869. The third kappa shape index (κ3) is 2.59. The Morgan fingerprint density at radius 2 is 1.48 bits per heavy atom. The van der Waals surface area contributed by atoms with Gasteiger partial charge in [-0.25, -0.2) is 8.42 Å². The van der Waals surface area contributed by atoms with Crippen LogP contribution in [0.25, 0.3) is 0 Å². The molecule has 120 valence electrons. The summed E-state index contributed by atoms with van der Waals surface area (Å²) in [6.07, 6.45) is 0. The standard InChI is InChI=1S/C17H18N2O3S/c1-13(2)19-16-11-7-6-10-15(16)18(12-17(19)20)23(21,22)14-8-4-3-5-9-14/h3-11,13H,12H2,1-2H3. The van der Waals surface area contributed by atoms with Crippen LogP contribution in [0.3, 0.4) is 0 Å². The van der Waals surface area contributed by atoms with Crippen LogP contribution in [0.5, 0.6) is 0 Å². The van der Waals surface area contributed by atoms with Crippen LogP contribution in [0.2, 0.25) is 0 Å². The predicted molar refractivity (Wildman–Crippen MR) is 90.0 cm³/mol. The summed E-state index contributed by atoms with van der Waals surface area (Å²) in [4.78, 5) is 14.3. The number of rotatable bonds is 3. The second-order valence-electron chi connectivity index (χ2n) is 5.67. The molecule has 0 N–H and O–H groups in total. The van der Waals surface area contributed by atoms with Crippen molar-refractivity contribution in [3.63, 3.8) is 0 Å². The van der Waals surface area contributed by atoms with Crippen molar-refractivity contribution < 1.29 is 13.2 Å². The van der Waals surface area contributed by atoms with Crippen molar-refractivity contribution >= 4 is 27.3 Å². The number of carbonyl (C=O) groups excluding carboxylic acids is 1. The molecule has 5 nitrogen and oxygen atoms in total. The Morgan fingerprint density at radius 1 is 0.913 bits per heavy atom. The van der Waals surface area contributed by atoms with Crippen LogP contribution in [-0.4, -0.2) is 26.9 Å². The molecule has 0 radical (unpaired) electrons. The molecule has 23 heavy (non-hydrogen) atoms. The summed E-state index contributed by atoms with van der Waals surface area (Å²) in [7, 11) is -3.77. The number of para-hydroxylation sites is 2. The van der Waals surface area contributed by atoms with Crippen LogP contribution in [0.4, 0.5) is 11.4 Å². The maximum Gasteiger partial charge on any atom is 0.264 e. The van der Waals surface area contributed by atoms with Crippen LogP contribution in [0, 0.1) is 0 Å². The summed E-state index contributed by atoms with van der Waals surface area (Å²) in [5.74, 6) is -0.224. The second-order valence-corrected chi connectivity index (χ2v) is 7.53. The van der Waals surface area contributed by atoms with E-state index < -0.39 is 10.0 Å². The molecule has 2 aromatic rings. The fourth-order valence-electron chi connectivity index (χ4n) is 2.80.